The Morgan fingerprint density at radius 1 is 1.32 bits per heavy atom. The lowest BCUT2D eigenvalue weighted by atomic mass is 9.96. The molecule has 6 nitrogen and oxygen atoms in total. The number of nitrogens with zero attached hydrogens (tertiary/aromatic N) is 3. The molecule has 1 saturated heterocycles. The van der Waals surface area contributed by atoms with Gasteiger partial charge in [0.2, 0.25) is 0 Å². The molecule has 0 aliphatic carbocycles. The van der Waals surface area contributed by atoms with Crippen LogP contribution in [0.25, 0.3) is 0 Å². The van der Waals surface area contributed by atoms with Crippen molar-refractivity contribution in [2.45, 2.75) is 38.7 Å². The maximum absolute atomic E-state index is 10.7. The van der Waals surface area contributed by atoms with Gasteiger partial charge in [-0.3, -0.25) is 10.1 Å². The number of benzene rings is 1. The van der Waals surface area contributed by atoms with E-state index < -0.39 is 0 Å². The predicted octanol–water partition coefficient (Wildman–Crippen LogP) is 2.55. The number of hydrogen-bond acceptors (Lipinski definition) is 5. The molecule has 140 valence electrons. The molecule has 25 heavy (non-hydrogen) atoms. The van der Waals surface area contributed by atoms with Gasteiger partial charge in [0.15, 0.2) is 0 Å². The van der Waals surface area contributed by atoms with E-state index in [1.807, 2.05) is 19.1 Å². The van der Waals surface area contributed by atoms with Crippen LogP contribution in [0.5, 0.6) is 0 Å². The minimum absolute atomic E-state index is 0.157. The zero-order valence-electron chi connectivity index (χ0n) is 15.4. The first-order valence-electron chi connectivity index (χ1n) is 9.26. The minimum atomic E-state index is -0.354. The first-order chi connectivity index (χ1) is 11.9. The first kappa shape index (κ1) is 19.8. The van der Waals surface area contributed by atoms with Crippen molar-refractivity contribution in [3.63, 3.8) is 0 Å². The van der Waals surface area contributed by atoms with E-state index in [9.17, 15) is 15.2 Å². The third kappa shape index (κ3) is 7.10. The molecule has 0 bridgehead atoms. The number of non-ortho nitro benzene ring substituents is 1. The van der Waals surface area contributed by atoms with Crippen LogP contribution in [0.1, 0.15) is 31.7 Å². The topological polar surface area (TPSA) is 69.8 Å². The highest BCUT2D eigenvalue weighted by Crippen LogP contribution is 2.19. The first-order valence-corrected chi connectivity index (χ1v) is 9.26. The summed E-state index contributed by atoms with van der Waals surface area (Å²) in [5.74, 6) is 0.745. The molecule has 2 rings (SSSR count). The molecule has 1 heterocycles. The van der Waals surface area contributed by atoms with E-state index in [0.29, 0.717) is 0 Å². The number of hydrogen-bond donors (Lipinski definition) is 1. The zero-order chi connectivity index (χ0) is 18.2. The van der Waals surface area contributed by atoms with Gasteiger partial charge in [0.1, 0.15) is 0 Å². The van der Waals surface area contributed by atoms with Gasteiger partial charge in [-0.2, -0.15) is 0 Å². The van der Waals surface area contributed by atoms with Crippen molar-refractivity contribution >= 4 is 5.69 Å². The van der Waals surface area contributed by atoms with Crippen LogP contribution in [0.4, 0.5) is 5.69 Å². The molecule has 1 unspecified atom stereocenters. The summed E-state index contributed by atoms with van der Waals surface area (Å²) in [4.78, 5) is 15.2. The summed E-state index contributed by atoms with van der Waals surface area (Å²) >= 11 is 0. The highest BCUT2D eigenvalue weighted by atomic mass is 16.6. The van der Waals surface area contributed by atoms with Gasteiger partial charge in [-0.25, -0.2) is 0 Å². The van der Waals surface area contributed by atoms with Crippen LogP contribution in [0.2, 0.25) is 0 Å². The van der Waals surface area contributed by atoms with Crippen LogP contribution in [0, 0.1) is 16.0 Å². The van der Waals surface area contributed by atoms with Gasteiger partial charge in [0.25, 0.3) is 5.69 Å². The van der Waals surface area contributed by atoms with E-state index in [-0.39, 0.29) is 16.7 Å². The molecular formula is C19H31N3O3. The van der Waals surface area contributed by atoms with Gasteiger partial charge in [0.05, 0.1) is 11.0 Å². The Hall–Kier alpha value is -1.50. The SMILES string of the molecule is CC(O)CCN(C)CC1CCN(CCc2ccc([N+](=O)[O-])cc2)CC1. The lowest BCUT2D eigenvalue weighted by molar-refractivity contribution is -0.384. The zero-order valence-corrected chi connectivity index (χ0v) is 15.4. The standard InChI is InChI=1S/C19H31N3O3/c1-16(23)7-11-20(2)15-18-9-13-21(14-10-18)12-8-17-3-5-19(6-4-17)22(24)25/h3-6,16,18,23H,7-15H2,1-2H3. The highest BCUT2D eigenvalue weighted by molar-refractivity contribution is 5.32. The predicted molar refractivity (Wildman–Crippen MR) is 99.8 cm³/mol. The number of nitro groups is 1. The number of aliphatic hydroxyl groups excluding tert-OH is 1. The maximum atomic E-state index is 10.7. The van der Waals surface area contributed by atoms with Crippen LogP contribution in [-0.2, 0) is 6.42 Å². The van der Waals surface area contributed by atoms with Crippen molar-refractivity contribution in [2.75, 3.05) is 39.8 Å². The Kier molecular flexibility index (Phi) is 7.81. The van der Waals surface area contributed by atoms with E-state index in [4.69, 9.17) is 0 Å². The second-order valence-electron chi connectivity index (χ2n) is 7.36. The van der Waals surface area contributed by atoms with Gasteiger partial charge in [-0.15, -0.1) is 0 Å². The van der Waals surface area contributed by atoms with E-state index in [1.165, 1.54) is 12.8 Å². The molecule has 0 saturated carbocycles. The van der Waals surface area contributed by atoms with Gasteiger partial charge < -0.3 is 14.9 Å². The lowest BCUT2D eigenvalue weighted by Crippen LogP contribution is -2.39. The monoisotopic (exact) mass is 349 g/mol. The van der Waals surface area contributed by atoms with Crippen molar-refractivity contribution in [1.29, 1.82) is 0 Å². The summed E-state index contributed by atoms with van der Waals surface area (Å²) in [5.41, 5.74) is 1.31. The summed E-state index contributed by atoms with van der Waals surface area (Å²) in [5, 5.41) is 20.1. The molecule has 1 aromatic carbocycles. The number of rotatable bonds is 9. The number of nitro benzene ring substituents is 1. The van der Waals surface area contributed by atoms with Crippen LogP contribution >= 0.6 is 0 Å². The number of piperidine rings is 1. The average Bonchev–Trinajstić information content (AvgIpc) is 2.60. The van der Waals surface area contributed by atoms with Gasteiger partial charge in [0, 0.05) is 31.8 Å². The van der Waals surface area contributed by atoms with E-state index >= 15 is 0 Å². The van der Waals surface area contributed by atoms with Crippen molar-refractivity contribution in [3.8, 4) is 0 Å². The maximum Gasteiger partial charge on any atom is 0.269 e. The summed E-state index contributed by atoms with van der Waals surface area (Å²) in [6.07, 6.45) is 4.00. The molecule has 1 fully saturated rings. The smallest absolute Gasteiger partial charge is 0.269 e. The van der Waals surface area contributed by atoms with Crippen molar-refractivity contribution in [3.05, 3.63) is 39.9 Å². The number of aliphatic hydroxyl groups is 1. The van der Waals surface area contributed by atoms with Crippen molar-refractivity contribution in [2.24, 2.45) is 5.92 Å². The van der Waals surface area contributed by atoms with Gasteiger partial charge >= 0.3 is 0 Å². The molecule has 1 aliphatic rings. The molecule has 6 heteroatoms. The minimum Gasteiger partial charge on any atom is -0.393 e. The Bertz CT molecular complexity index is 525. The summed E-state index contributed by atoms with van der Waals surface area (Å²) in [6.45, 7) is 7.18. The van der Waals surface area contributed by atoms with Crippen molar-refractivity contribution < 1.29 is 10.0 Å². The second kappa shape index (κ2) is 9.85. The second-order valence-corrected chi connectivity index (χ2v) is 7.36. The normalized spacial score (nSPS) is 17.8. The lowest BCUT2D eigenvalue weighted by Gasteiger charge is -2.34. The fraction of sp³-hybridized carbons (Fsp3) is 0.684. The molecule has 0 amide bonds. The van der Waals surface area contributed by atoms with Crippen molar-refractivity contribution in [1.82, 2.24) is 9.80 Å². The van der Waals surface area contributed by atoms with Gasteiger partial charge in [-0.1, -0.05) is 12.1 Å². The Labute approximate surface area is 150 Å². The van der Waals surface area contributed by atoms with Crippen LogP contribution in [-0.4, -0.2) is 65.7 Å². The van der Waals surface area contributed by atoms with E-state index in [2.05, 4.69) is 16.8 Å². The van der Waals surface area contributed by atoms with Gasteiger partial charge in [-0.05, 0) is 64.2 Å². The molecule has 1 atom stereocenters. The number of likely N-dealkylation sites (tertiary alicyclic amines) is 1. The fourth-order valence-electron chi connectivity index (χ4n) is 3.40. The van der Waals surface area contributed by atoms with E-state index in [1.54, 1.807) is 12.1 Å². The fourth-order valence-corrected chi connectivity index (χ4v) is 3.40. The molecule has 1 aromatic rings. The summed E-state index contributed by atoms with van der Waals surface area (Å²) in [7, 11) is 2.14. The quantitative estimate of drug-likeness (QED) is 0.548. The molecular weight excluding hydrogens is 318 g/mol. The molecule has 1 N–H and O–H groups in total. The highest BCUT2D eigenvalue weighted by Gasteiger charge is 2.20. The van der Waals surface area contributed by atoms with Crippen LogP contribution < -0.4 is 0 Å². The van der Waals surface area contributed by atoms with Crippen LogP contribution in [0.15, 0.2) is 24.3 Å². The third-order valence-corrected chi connectivity index (χ3v) is 5.07. The Balaban J connectivity index is 1.65. The molecule has 0 radical (unpaired) electrons. The average molecular weight is 349 g/mol. The third-order valence-electron chi connectivity index (χ3n) is 5.07. The molecule has 1 aliphatic heterocycles. The molecule has 0 aromatic heterocycles. The van der Waals surface area contributed by atoms with E-state index in [0.717, 1.165) is 57.0 Å². The summed E-state index contributed by atoms with van der Waals surface area (Å²) in [6, 6.07) is 6.90. The largest absolute Gasteiger partial charge is 0.393 e. The summed E-state index contributed by atoms with van der Waals surface area (Å²) < 4.78 is 0. The Morgan fingerprint density at radius 2 is 1.96 bits per heavy atom. The Morgan fingerprint density at radius 3 is 2.52 bits per heavy atom. The molecule has 0 spiro atoms. The van der Waals surface area contributed by atoms with Crippen LogP contribution in [0.3, 0.4) is 0 Å².